The summed E-state index contributed by atoms with van der Waals surface area (Å²) in [6, 6.07) is 17.3. The molecule has 6 nitrogen and oxygen atoms in total. The Morgan fingerprint density at radius 3 is 2.41 bits per heavy atom. The van der Waals surface area contributed by atoms with E-state index < -0.39 is 0 Å². The highest BCUT2D eigenvalue weighted by Gasteiger charge is 2.22. The van der Waals surface area contributed by atoms with Gasteiger partial charge in [-0.05, 0) is 30.2 Å². The summed E-state index contributed by atoms with van der Waals surface area (Å²) in [5.74, 6) is -0.179. The molecule has 2 amide bonds. The topological polar surface area (TPSA) is 61.9 Å². The molecule has 0 aromatic heterocycles. The molecule has 1 fully saturated rings. The molecule has 0 atom stereocenters. The van der Waals surface area contributed by atoms with Gasteiger partial charge >= 0.3 is 0 Å². The molecule has 1 heterocycles. The zero-order chi connectivity index (χ0) is 20.5. The van der Waals surface area contributed by atoms with Crippen LogP contribution in [0.3, 0.4) is 0 Å². The maximum atomic E-state index is 12.9. The lowest BCUT2D eigenvalue weighted by Gasteiger charge is -2.34. The Morgan fingerprint density at radius 1 is 0.966 bits per heavy atom. The Morgan fingerprint density at radius 2 is 1.69 bits per heavy atom. The molecule has 0 radical (unpaired) electrons. The largest absolute Gasteiger partial charge is 0.385 e. The molecule has 3 rings (SSSR count). The van der Waals surface area contributed by atoms with Crippen LogP contribution in [0.1, 0.15) is 32.7 Å². The summed E-state index contributed by atoms with van der Waals surface area (Å²) in [6.45, 7) is 5.14. The number of benzene rings is 2. The van der Waals surface area contributed by atoms with Gasteiger partial charge in [-0.2, -0.15) is 0 Å². The van der Waals surface area contributed by atoms with Crippen LogP contribution in [-0.4, -0.2) is 68.1 Å². The van der Waals surface area contributed by atoms with Gasteiger partial charge in [0.05, 0.1) is 0 Å². The van der Waals surface area contributed by atoms with Gasteiger partial charge in [0.2, 0.25) is 0 Å². The SMILES string of the molecule is COCCCNC(=O)c1cccc(C(=O)N2CCN(Cc3ccccc3)CC2)c1. The van der Waals surface area contributed by atoms with Gasteiger partial charge in [0, 0.05) is 64.1 Å². The quantitative estimate of drug-likeness (QED) is 0.698. The van der Waals surface area contributed by atoms with Crippen molar-refractivity contribution in [1.29, 1.82) is 0 Å². The number of amides is 2. The van der Waals surface area contributed by atoms with Gasteiger partial charge in [0.25, 0.3) is 11.8 Å². The maximum absolute atomic E-state index is 12.9. The van der Waals surface area contributed by atoms with Crippen LogP contribution < -0.4 is 5.32 Å². The highest BCUT2D eigenvalue weighted by Crippen LogP contribution is 2.13. The molecule has 0 saturated carbocycles. The second kappa shape index (κ2) is 10.7. The van der Waals surface area contributed by atoms with Crippen LogP contribution in [0, 0.1) is 0 Å². The Bertz CT molecular complexity index is 802. The predicted octanol–water partition coefficient (Wildman–Crippen LogP) is 2.41. The first kappa shape index (κ1) is 21.0. The number of rotatable bonds is 8. The standard InChI is InChI=1S/C23H29N3O3/c1-29-16-6-11-24-22(27)20-9-5-10-21(17-20)23(28)26-14-12-25(13-15-26)18-19-7-3-2-4-8-19/h2-5,7-10,17H,6,11-16,18H2,1H3,(H,24,27). The third-order valence-corrected chi connectivity index (χ3v) is 5.09. The van der Waals surface area contributed by atoms with Crippen LogP contribution in [0.25, 0.3) is 0 Å². The van der Waals surface area contributed by atoms with E-state index in [2.05, 4.69) is 34.5 Å². The average molecular weight is 396 g/mol. The Labute approximate surface area is 172 Å². The highest BCUT2D eigenvalue weighted by atomic mass is 16.5. The van der Waals surface area contributed by atoms with Crippen molar-refractivity contribution in [3.63, 3.8) is 0 Å². The van der Waals surface area contributed by atoms with Crippen molar-refractivity contribution in [2.75, 3.05) is 46.4 Å². The van der Waals surface area contributed by atoms with Gasteiger partial charge in [-0.1, -0.05) is 36.4 Å². The van der Waals surface area contributed by atoms with E-state index in [1.54, 1.807) is 31.4 Å². The molecule has 29 heavy (non-hydrogen) atoms. The predicted molar refractivity (Wildman–Crippen MR) is 113 cm³/mol. The number of carbonyl (C=O) groups is 2. The van der Waals surface area contributed by atoms with E-state index in [1.807, 2.05) is 11.0 Å². The van der Waals surface area contributed by atoms with E-state index in [-0.39, 0.29) is 11.8 Å². The first-order chi connectivity index (χ1) is 14.2. The zero-order valence-corrected chi connectivity index (χ0v) is 17.0. The number of nitrogens with one attached hydrogen (secondary N) is 1. The normalized spacial score (nSPS) is 14.6. The minimum atomic E-state index is -0.163. The minimum absolute atomic E-state index is 0.0154. The molecule has 1 saturated heterocycles. The first-order valence-corrected chi connectivity index (χ1v) is 10.1. The van der Waals surface area contributed by atoms with Crippen LogP contribution in [-0.2, 0) is 11.3 Å². The van der Waals surface area contributed by atoms with Crippen molar-refractivity contribution in [3.8, 4) is 0 Å². The number of hydrogen-bond donors (Lipinski definition) is 1. The molecule has 2 aromatic rings. The van der Waals surface area contributed by atoms with E-state index in [0.717, 1.165) is 26.1 Å². The van der Waals surface area contributed by atoms with Crippen LogP contribution in [0.15, 0.2) is 54.6 Å². The summed E-state index contributed by atoms with van der Waals surface area (Å²) in [5, 5.41) is 2.86. The van der Waals surface area contributed by atoms with Crippen LogP contribution in [0.2, 0.25) is 0 Å². The van der Waals surface area contributed by atoms with Crippen LogP contribution in [0.4, 0.5) is 0 Å². The molecular formula is C23H29N3O3. The summed E-state index contributed by atoms with van der Waals surface area (Å²) in [5.41, 5.74) is 2.36. The molecule has 0 bridgehead atoms. The average Bonchev–Trinajstić information content (AvgIpc) is 2.77. The van der Waals surface area contributed by atoms with Crippen molar-refractivity contribution >= 4 is 11.8 Å². The van der Waals surface area contributed by atoms with Crippen molar-refractivity contribution in [1.82, 2.24) is 15.1 Å². The molecule has 1 N–H and O–H groups in total. The van der Waals surface area contributed by atoms with Gasteiger partial charge in [0.1, 0.15) is 0 Å². The van der Waals surface area contributed by atoms with Gasteiger partial charge < -0.3 is 15.0 Å². The minimum Gasteiger partial charge on any atom is -0.385 e. The van der Waals surface area contributed by atoms with Crippen LogP contribution >= 0.6 is 0 Å². The Kier molecular flexibility index (Phi) is 7.78. The van der Waals surface area contributed by atoms with E-state index in [4.69, 9.17) is 4.74 Å². The van der Waals surface area contributed by atoms with Gasteiger partial charge in [-0.15, -0.1) is 0 Å². The van der Waals surface area contributed by atoms with Crippen molar-refractivity contribution < 1.29 is 14.3 Å². The van der Waals surface area contributed by atoms with E-state index in [9.17, 15) is 9.59 Å². The third-order valence-electron chi connectivity index (χ3n) is 5.09. The summed E-state index contributed by atoms with van der Waals surface area (Å²) in [7, 11) is 1.64. The number of ether oxygens (including phenoxy) is 1. The molecule has 0 spiro atoms. The molecule has 1 aliphatic heterocycles. The lowest BCUT2D eigenvalue weighted by atomic mass is 10.1. The molecule has 2 aromatic carbocycles. The fourth-order valence-corrected chi connectivity index (χ4v) is 3.45. The number of piperazine rings is 1. The first-order valence-electron chi connectivity index (χ1n) is 10.1. The smallest absolute Gasteiger partial charge is 0.253 e. The van der Waals surface area contributed by atoms with Gasteiger partial charge in [-0.3, -0.25) is 14.5 Å². The lowest BCUT2D eigenvalue weighted by Crippen LogP contribution is -2.48. The maximum Gasteiger partial charge on any atom is 0.253 e. The Balaban J connectivity index is 1.52. The molecular weight excluding hydrogens is 366 g/mol. The lowest BCUT2D eigenvalue weighted by molar-refractivity contribution is 0.0628. The molecule has 0 aliphatic carbocycles. The molecule has 0 unspecified atom stereocenters. The summed E-state index contributed by atoms with van der Waals surface area (Å²) in [6.07, 6.45) is 0.758. The fourth-order valence-electron chi connectivity index (χ4n) is 3.45. The summed E-state index contributed by atoms with van der Waals surface area (Å²) < 4.78 is 4.98. The van der Waals surface area contributed by atoms with Crippen molar-refractivity contribution in [2.45, 2.75) is 13.0 Å². The zero-order valence-electron chi connectivity index (χ0n) is 17.0. The summed E-state index contributed by atoms with van der Waals surface area (Å²) >= 11 is 0. The Hall–Kier alpha value is -2.70. The van der Waals surface area contributed by atoms with Crippen LogP contribution in [0.5, 0.6) is 0 Å². The van der Waals surface area contributed by atoms with Crippen molar-refractivity contribution in [3.05, 3.63) is 71.3 Å². The van der Waals surface area contributed by atoms with Gasteiger partial charge in [0.15, 0.2) is 0 Å². The number of hydrogen-bond acceptors (Lipinski definition) is 4. The number of methoxy groups -OCH3 is 1. The second-order valence-corrected chi connectivity index (χ2v) is 7.24. The summed E-state index contributed by atoms with van der Waals surface area (Å²) in [4.78, 5) is 29.4. The number of carbonyl (C=O) groups excluding carboxylic acids is 2. The number of nitrogens with zero attached hydrogens (tertiary/aromatic N) is 2. The molecule has 1 aliphatic rings. The monoisotopic (exact) mass is 395 g/mol. The fraction of sp³-hybridized carbons (Fsp3) is 0.391. The molecule has 6 heteroatoms. The molecule has 154 valence electrons. The van der Waals surface area contributed by atoms with E-state index in [1.165, 1.54) is 5.56 Å². The third kappa shape index (κ3) is 6.14. The van der Waals surface area contributed by atoms with E-state index in [0.29, 0.717) is 37.4 Å². The van der Waals surface area contributed by atoms with E-state index >= 15 is 0 Å². The van der Waals surface area contributed by atoms with Gasteiger partial charge in [-0.25, -0.2) is 0 Å². The highest BCUT2D eigenvalue weighted by molar-refractivity contribution is 5.99. The second-order valence-electron chi connectivity index (χ2n) is 7.24. The van der Waals surface area contributed by atoms with Crippen molar-refractivity contribution in [2.24, 2.45) is 0 Å².